The molecule has 3 aromatic carbocycles. The lowest BCUT2D eigenvalue weighted by atomic mass is 10.1. The normalized spacial score (nSPS) is 10.6. The monoisotopic (exact) mass is 444 g/mol. The number of benzene rings is 3. The molecule has 0 aliphatic rings. The maximum absolute atomic E-state index is 12.0. The lowest BCUT2D eigenvalue weighted by Crippen LogP contribution is -2.25. The van der Waals surface area contributed by atoms with Gasteiger partial charge in [0.1, 0.15) is 5.75 Å². The molecule has 33 heavy (non-hydrogen) atoms. The topological polar surface area (TPSA) is 91.8 Å². The van der Waals surface area contributed by atoms with Crippen molar-refractivity contribution in [3.63, 3.8) is 0 Å². The van der Waals surface area contributed by atoms with E-state index in [1.165, 1.54) is 5.56 Å². The summed E-state index contributed by atoms with van der Waals surface area (Å²) in [4.78, 5) is 24.0. The van der Waals surface area contributed by atoms with Crippen LogP contribution in [0.2, 0.25) is 0 Å². The van der Waals surface area contributed by atoms with E-state index in [1.54, 1.807) is 30.5 Å². The number of ether oxygens (including phenoxy) is 1. The van der Waals surface area contributed by atoms with Crippen LogP contribution in [-0.2, 0) is 9.59 Å². The molecule has 7 heteroatoms. The summed E-state index contributed by atoms with van der Waals surface area (Å²) in [7, 11) is 0. The second kappa shape index (κ2) is 11.5. The predicted octanol–water partition coefficient (Wildman–Crippen LogP) is 4.19. The van der Waals surface area contributed by atoms with Crippen molar-refractivity contribution in [2.24, 2.45) is 5.10 Å². The minimum Gasteiger partial charge on any atom is -0.484 e. The number of hydrogen-bond acceptors (Lipinski definition) is 5. The van der Waals surface area contributed by atoms with Crippen LogP contribution in [0.4, 0.5) is 11.4 Å². The van der Waals surface area contributed by atoms with Gasteiger partial charge in [0, 0.05) is 11.4 Å². The number of amides is 2. The van der Waals surface area contributed by atoms with Gasteiger partial charge in [-0.3, -0.25) is 9.59 Å². The SMILES string of the molecule is Cc1ccc(NC(=O)COc2ccc(/C=N/NC(=O)CNc3ccc(C)c(C)c3)cc2)cc1. The third-order valence-corrected chi connectivity index (χ3v) is 4.95. The zero-order valence-corrected chi connectivity index (χ0v) is 19.0. The summed E-state index contributed by atoms with van der Waals surface area (Å²) in [5.41, 5.74) is 8.39. The number of anilines is 2. The van der Waals surface area contributed by atoms with Gasteiger partial charge in [0.25, 0.3) is 11.8 Å². The molecule has 0 bridgehead atoms. The van der Waals surface area contributed by atoms with Crippen molar-refractivity contribution in [1.82, 2.24) is 5.43 Å². The Morgan fingerprint density at radius 1 is 0.848 bits per heavy atom. The summed E-state index contributed by atoms with van der Waals surface area (Å²) in [5, 5.41) is 9.83. The average molecular weight is 445 g/mol. The number of carbonyl (C=O) groups is 2. The molecule has 0 saturated carbocycles. The zero-order chi connectivity index (χ0) is 23.6. The van der Waals surface area contributed by atoms with Gasteiger partial charge in [-0.25, -0.2) is 5.43 Å². The number of nitrogens with one attached hydrogen (secondary N) is 3. The van der Waals surface area contributed by atoms with Gasteiger partial charge < -0.3 is 15.4 Å². The third-order valence-electron chi connectivity index (χ3n) is 4.95. The van der Waals surface area contributed by atoms with Gasteiger partial charge >= 0.3 is 0 Å². The van der Waals surface area contributed by atoms with Crippen molar-refractivity contribution >= 4 is 29.4 Å². The number of aryl methyl sites for hydroxylation is 3. The Bertz CT molecular complexity index is 1120. The lowest BCUT2D eigenvalue weighted by Gasteiger charge is -2.08. The first-order valence-corrected chi connectivity index (χ1v) is 10.6. The van der Waals surface area contributed by atoms with Crippen molar-refractivity contribution in [3.05, 3.63) is 89.0 Å². The predicted molar refractivity (Wildman–Crippen MR) is 132 cm³/mol. The van der Waals surface area contributed by atoms with Crippen LogP contribution in [0.5, 0.6) is 5.75 Å². The standard InChI is InChI=1S/C26H28N4O3/c1-18-4-9-22(10-5-18)29-26(32)17-33-24-12-7-21(8-13-24)15-28-30-25(31)16-27-23-11-6-19(2)20(3)14-23/h4-15,27H,16-17H2,1-3H3,(H,29,32)(H,30,31)/b28-15+. The van der Waals surface area contributed by atoms with E-state index in [2.05, 4.69) is 21.2 Å². The van der Waals surface area contributed by atoms with Gasteiger partial charge in [0.2, 0.25) is 0 Å². The van der Waals surface area contributed by atoms with E-state index >= 15 is 0 Å². The van der Waals surface area contributed by atoms with Crippen LogP contribution in [0, 0.1) is 20.8 Å². The van der Waals surface area contributed by atoms with Gasteiger partial charge in [0.05, 0.1) is 12.8 Å². The zero-order valence-electron chi connectivity index (χ0n) is 19.0. The Hall–Kier alpha value is -4.13. The van der Waals surface area contributed by atoms with E-state index in [1.807, 2.05) is 63.2 Å². The quantitative estimate of drug-likeness (QED) is 0.341. The lowest BCUT2D eigenvalue weighted by molar-refractivity contribution is -0.119. The summed E-state index contributed by atoms with van der Waals surface area (Å²) >= 11 is 0. The van der Waals surface area contributed by atoms with Gasteiger partial charge in [-0.1, -0.05) is 23.8 Å². The smallest absolute Gasteiger partial charge is 0.262 e. The number of nitrogens with zero attached hydrogens (tertiary/aromatic N) is 1. The Labute approximate surface area is 193 Å². The summed E-state index contributed by atoms with van der Waals surface area (Å²) in [6, 6.07) is 20.6. The molecule has 0 fully saturated rings. The highest BCUT2D eigenvalue weighted by molar-refractivity contribution is 5.91. The van der Waals surface area contributed by atoms with E-state index in [9.17, 15) is 9.59 Å². The van der Waals surface area contributed by atoms with Gasteiger partial charge in [0.15, 0.2) is 6.61 Å². The molecule has 0 unspecified atom stereocenters. The third kappa shape index (κ3) is 7.81. The van der Waals surface area contributed by atoms with Crippen molar-refractivity contribution in [3.8, 4) is 5.75 Å². The Morgan fingerprint density at radius 2 is 1.55 bits per heavy atom. The first kappa shape index (κ1) is 23.5. The summed E-state index contributed by atoms with van der Waals surface area (Å²) in [5.74, 6) is 0.0819. The molecule has 7 nitrogen and oxygen atoms in total. The molecule has 0 heterocycles. The van der Waals surface area contributed by atoms with Crippen LogP contribution in [0.25, 0.3) is 0 Å². The summed E-state index contributed by atoms with van der Waals surface area (Å²) in [6.45, 7) is 6.09. The Morgan fingerprint density at radius 3 is 2.24 bits per heavy atom. The first-order valence-electron chi connectivity index (χ1n) is 10.6. The summed E-state index contributed by atoms with van der Waals surface area (Å²) < 4.78 is 5.52. The molecule has 3 aromatic rings. The Kier molecular flexibility index (Phi) is 8.18. The van der Waals surface area contributed by atoms with Gasteiger partial charge in [-0.2, -0.15) is 5.10 Å². The second-order valence-electron chi connectivity index (χ2n) is 7.72. The maximum atomic E-state index is 12.0. The van der Waals surface area contributed by atoms with Crippen molar-refractivity contribution in [2.75, 3.05) is 23.8 Å². The largest absolute Gasteiger partial charge is 0.484 e. The van der Waals surface area contributed by atoms with E-state index < -0.39 is 0 Å². The van der Waals surface area contributed by atoms with E-state index in [-0.39, 0.29) is 25.0 Å². The van der Waals surface area contributed by atoms with Gasteiger partial charge in [-0.05, 0) is 86.0 Å². The van der Waals surface area contributed by atoms with Crippen molar-refractivity contribution in [1.29, 1.82) is 0 Å². The van der Waals surface area contributed by atoms with Crippen LogP contribution in [0.3, 0.4) is 0 Å². The molecule has 0 aromatic heterocycles. The molecule has 2 amide bonds. The molecule has 3 N–H and O–H groups in total. The number of hydrazone groups is 1. The number of carbonyl (C=O) groups excluding carboxylic acids is 2. The molecule has 170 valence electrons. The highest BCUT2D eigenvalue weighted by Gasteiger charge is 2.04. The van der Waals surface area contributed by atoms with Crippen LogP contribution in [-0.4, -0.2) is 31.2 Å². The van der Waals surface area contributed by atoms with Crippen molar-refractivity contribution in [2.45, 2.75) is 20.8 Å². The van der Waals surface area contributed by atoms with E-state index in [0.29, 0.717) is 5.75 Å². The maximum Gasteiger partial charge on any atom is 0.262 e. The molecule has 0 radical (unpaired) electrons. The molecule has 0 saturated heterocycles. The fourth-order valence-corrected chi connectivity index (χ4v) is 2.89. The Balaban J connectivity index is 1.39. The van der Waals surface area contributed by atoms with Crippen molar-refractivity contribution < 1.29 is 14.3 Å². The fourth-order valence-electron chi connectivity index (χ4n) is 2.89. The molecule has 0 aliphatic heterocycles. The van der Waals surface area contributed by atoms with Gasteiger partial charge in [-0.15, -0.1) is 0 Å². The molecule has 0 spiro atoms. The van der Waals surface area contributed by atoms with E-state index in [4.69, 9.17) is 4.74 Å². The minimum absolute atomic E-state index is 0.0924. The fraction of sp³-hybridized carbons (Fsp3) is 0.192. The van der Waals surface area contributed by atoms with E-state index in [0.717, 1.165) is 28.1 Å². The van der Waals surface area contributed by atoms with Crippen LogP contribution in [0.1, 0.15) is 22.3 Å². The number of rotatable bonds is 9. The molecule has 0 aliphatic carbocycles. The highest BCUT2D eigenvalue weighted by atomic mass is 16.5. The first-order chi connectivity index (χ1) is 15.9. The summed E-state index contributed by atoms with van der Waals surface area (Å²) in [6.07, 6.45) is 1.54. The molecule has 0 atom stereocenters. The number of hydrogen-bond donors (Lipinski definition) is 3. The second-order valence-corrected chi connectivity index (χ2v) is 7.72. The minimum atomic E-state index is -0.246. The highest BCUT2D eigenvalue weighted by Crippen LogP contribution is 2.14. The average Bonchev–Trinajstić information content (AvgIpc) is 2.81. The molecular formula is C26H28N4O3. The van der Waals surface area contributed by atoms with Crippen LogP contribution in [0.15, 0.2) is 71.8 Å². The molecular weight excluding hydrogens is 416 g/mol. The van der Waals surface area contributed by atoms with Crippen LogP contribution >= 0.6 is 0 Å². The van der Waals surface area contributed by atoms with Crippen LogP contribution < -0.4 is 20.8 Å². The molecule has 3 rings (SSSR count).